The number of aromatic nitrogens is 2. The fraction of sp³-hybridized carbons (Fsp3) is 0.0833. The molecular weight excluding hydrogens is 230 g/mol. The summed E-state index contributed by atoms with van der Waals surface area (Å²) >= 11 is 0. The lowest BCUT2D eigenvalue weighted by Gasteiger charge is -2.07. The number of nitrogen functional groups attached to an aromatic ring is 1. The highest BCUT2D eigenvalue weighted by Crippen LogP contribution is 2.16. The summed E-state index contributed by atoms with van der Waals surface area (Å²) in [4.78, 5) is 17.7. The van der Waals surface area contributed by atoms with E-state index in [1.807, 2.05) is 31.2 Å². The van der Waals surface area contributed by atoms with Crippen LogP contribution < -0.4 is 16.6 Å². The summed E-state index contributed by atoms with van der Waals surface area (Å²) in [6.07, 6.45) is 0. The van der Waals surface area contributed by atoms with Gasteiger partial charge in [0, 0.05) is 5.69 Å². The molecule has 90 valence electrons. The summed E-state index contributed by atoms with van der Waals surface area (Å²) in [5.74, 6) is 0.121. The Kier molecular flexibility index (Phi) is 2.98. The number of nitrogens with zero attached hydrogens (tertiary/aromatic N) is 2. The Morgan fingerprint density at radius 1 is 1.39 bits per heavy atom. The lowest BCUT2D eigenvalue weighted by atomic mass is 10.2. The largest absolute Gasteiger partial charge is 0.369 e. The highest BCUT2D eigenvalue weighted by atomic mass is 16.1. The molecule has 1 aromatic heterocycles. The number of rotatable bonds is 2. The summed E-state index contributed by atoms with van der Waals surface area (Å²) in [6.45, 7) is 1.97. The van der Waals surface area contributed by atoms with Crippen molar-refractivity contribution in [3.8, 4) is 6.07 Å². The molecule has 6 nitrogen and oxygen atoms in total. The molecule has 6 heteroatoms. The number of H-pyrrole nitrogens is 1. The maximum absolute atomic E-state index is 11.5. The van der Waals surface area contributed by atoms with Gasteiger partial charge < -0.3 is 11.1 Å². The molecule has 0 atom stereocenters. The first kappa shape index (κ1) is 11.7. The number of nitrogens with two attached hydrogens (primary N) is 1. The van der Waals surface area contributed by atoms with Gasteiger partial charge in [-0.3, -0.25) is 9.78 Å². The number of aromatic amines is 1. The van der Waals surface area contributed by atoms with Crippen molar-refractivity contribution in [2.75, 3.05) is 11.1 Å². The van der Waals surface area contributed by atoms with E-state index in [9.17, 15) is 4.79 Å². The van der Waals surface area contributed by atoms with Gasteiger partial charge in [0.15, 0.2) is 11.4 Å². The van der Waals surface area contributed by atoms with Gasteiger partial charge in [-0.15, -0.1) is 0 Å². The third-order valence-electron chi connectivity index (χ3n) is 2.36. The van der Waals surface area contributed by atoms with Crippen LogP contribution in [0.25, 0.3) is 0 Å². The molecule has 0 fully saturated rings. The Morgan fingerprint density at radius 2 is 2.06 bits per heavy atom. The first-order valence-electron chi connectivity index (χ1n) is 5.23. The molecule has 18 heavy (non-hydrogen) atoms. The first-order chi connectivity index (χ1) is 8.60. The van der Waals surface area contributed by atoms with Crippen LogP contribution in [-0.4, -0.2) is 9.97 Å². The van der Waals surface area contributed by atoms with Gasteiger partial charge in [0.05, 0.1) is 0 Å². The SMILES string of the molecule is Cc1ccc(Nc2nc(N)[nH]c(=O)c2C#N)cc1. The number of anilines is 3. The predicted octanol–water partition coefficient (Wildman–Crippen LogP) is 1.28. The molecule has 0 spiro atoms. The van der Waals surface area contributed by atoms with Crippen molar-refractivity contribution in [3.05, 3.63) is 45.7 Å². The van der Waals surface area contributed by atoms with Gasteiger partial charge in [0.2, 0.25) is 5.95 Å². The zero-order valence-corrected chi connectivity index (χ0v) is 9.69. The van der Waals surface area contributed by atoms with Crippen molar-refractivity contribution in [1.29, 1.82) is 5.26 Å². The van der Waals surface area contributed by atoms with Gasteiger partial charge in [0.1, 0.15) is 6.07 Å². The van der Waals surface area contributed by atoms with Gasteiger partial charge in [-0.05, 0) is 19.1 Å². The maximum Gasteiger partial charge on any atom is 0.272 e. The molecule has 2 aromatic rings. The summed E-state index contributed by atoms with van der Waals surface area (Å²) in [7, 11) is 0. The van der Waals surface area contributed by atoms with E-state index in [-0.39, 0.29) is 17.3 Å². The monoisotopic (exact) mass is 241 g/mol. The zero-order valence-electron chi connectivity index (χ0n) is 9.69. The van der Waals surface area contributed by atoms with E-state index >= 15 is 0 Å². The molecule has 0 aliphatic rings. The number of hydrogen-bond acceptors (Lipinski definition) is 5. The van der Waals surface area contributed by atoms with Gasteiger partial charge in [-0.2, -0.15) is 10.2 Å². The molecular formula is C12H11N5O. The number of aryl methyl sites for hydroxylation is 1. The van der Waals surface area contributed by atoms with E-state index in [4.69, 9.17) is 11.0 Å². The van der Waals surface area contributed by atoms with E-state index in [1.54, 1.807) is 6.07 Å². The predicted molar refractivity (Wildman–Crippen MR) is 68.4 cm³/mol. The second-order valence-electron chi connectivity index (χ2n) is 3.78. The summed E-state index contributed by atoms with van der Waals surface area (Å²) in [5.41, 5.74) is 6.64. The molecule has 0 saturated heterocycles. The minimum Gasteiger partial charge on any atom is -0.369 e. The van der Waals surface area contributed by atoms with E-state index in [1.165, 1.54) is 0 Å². The Labute approximate surface area is 103 Å². The first-order valence-corrected chi connectivity index (χ1v) is 5.23. The Balaban J connectivity index is 2.43. The maximum atomic E-state index is 11.5. The molecule has 0 radical (unpaired) electrons. The second kappa shape index (κ2) is 4.59. The van der Waals surface area contributed by atoms with Crippen molar-refractivity contribution in [3.63, 3.8) is 0 Å². The fourth-order valence-corrected chi connectivity index (χ4v) is 1.46. The standard InChI is InChI=1S/C12H11N5O/c1-7-2-4-8(5-3-7)15-10-9(6-13)11(18)17-12(14)16-10/h2-5H,1H3,(H4,14,15,16,17,18). The van der Waals surface area contributed by atoms with Crippen LogP contribution in [-0.2, 0) is 0 Å². The lowest BCUT2D eigenvalue weighted by Crippen LogP contribution is -2.17. The smallest absolute Gasteiger partial charge is 0.272 e. The average molecular weight is 241 g/mol. The molecule has 1 heterocycles. The van der Waals surface area contributed by atoms with Gasteiger partial charge in [-0.1, -0.05) is 17.7 Å². The quantitative estimate of drug-likeness (QED) is 0.733. The molecule has 0 amide bonds. The van der Waals surface area contributed by atoms with E-state index in [0.717, 1.165) is 11.3 Å². The topological polar surface area (TPSA) is 108 Å². The molecule has 0 unspecified atom stereocenters. The molecule has 2 rings (SSSR count). The Bertz CT molecular complexity index is 666. The number of hydrogen-bond donors (Lipinski definition) is 3. The number of nitrogens with one attached hydrogen (secondary N) is 2. The minimum atomic E-state index is -0.556. The van der Waals surface area contributed by atoms with E-state index in [0.29, 0.717) is 0 Å². The van der Waals surface area contributed by atoms with Crippen molar-refractivity contribution >= 4 is 17.5 Å². The van der Waals surface area contributed by atoms with Gasteiger partial charge in [0.25, 0.3) is 5.56 Å². The average Bonchev–Trinajstić information content (AvgIpc) is 2.32. The third-order valence-corrected chi connectivity index (χ3v) is 2.36. The van der Waals surface area contributed by atoms with Crippen molar-refractivity contribution in [1.82, 2.24) is 9.97 Å². The summed E-state index contributed by atoms with van der Waals surface area (Å²) in [5, 5.41) is 11.8. The molecule has 1 aromatic carbocycles. The highest BCUT2D eigenvalue weighted by molar-refractivity contribution is 5.63. The van der Waals surface area contributed by atoms with Crippen LogP contribution in [0.2, 0.25) is 0 Å². The second-order valence-corrected chi connectivity index (χ2v) is 3.78. The van der Waals surface area contributed by atoms with Crippen LogP contribution >= 0.6 is 0 Å². The molecule has 0 aliphatic heterocycles. The van der Waals surface area contributed by atoms with Crippen molar-refractivity contribution in [2.24, 2.45) is 0 Å². The molecule has 0 aliphatic carbocycles. The van der Waals surface area contributed by atoms with Crippen LogP contribution in [0.15, 0.2) is 29.1 Å². The van der Waals surface area contributed by atoms with Crippen molar-refractivity contribution in [2.45, 2.75) is 6.92 Å². The van der Waals surface area contributed by atoms with Crippen LogP contribution in [0.1, 0.15) is 11.1 Å². The molecule has 0 bridgehead atoms. The van der Waals surface area contributed by atoms with Crippen LogP contribution in [0.5, 0.6) is 0 Å². The van der Waals surface area contributed by atoms with Crippen molar-refractivity contribution < 1.29 is 0 Å². The Hall–Kier alpha value is -2.81. The normalized spacial score (nSPS) is 9.78. The van der Waals surface area contributed by atoms with Crippen LogP contribution in [0, 0.1) is 18.3 Å². The lowest BCUT2D eigenvalue weighted by molar-refractivity contribution is 1.12. The van der Waals surface area contributed by atoms with E-state index in [2.05, 4.69) is 15.3 Å². The third kappa shape index (κ3) is 2.30. The molecule has 4 N–H and O–H groups in total. The fourth-order valence-electron chi connectivity index (χ4n) is 1.46. The number of nitriles is 1. The minimum absolute atomic E-state index is 0.0337. The van der Waals surface area contributed by atoms with Crippen LogP contribution in [0.3, 0.4) is 0 Å². The number of benzene rings is 1. The Morgan fingerprint density at radius 3 is 2.67 bits per heavy atom. The van der Waals surface area contributed by atoms with Gasteiger partial charge in [-0.25, -0.2) is 0 Å². The van der Waals surface area contributed by atoms with Gasteiger partial charge >= 0.3 is 0 Å². The highest BCUT2D eigenvalue weighted by Gasteiger charge is 2.10. The van der Waals surface area contributed by atoms with E-state index < -0.39 is 5.56 Å². The summed E-state index contributed by atoms with van der Waals surface area (Å²) < 4.78 is 0. The van der Waals surface area contributed by atoms with Crippen LogP contribution in [0.4, 0.5) is 17.5 Å². The zero-order chi connectivity index (χ0) is 13.1. The molecule has 0 saturated carbocycles. The summed E-state index contributed by atoms with van der Waals surface area (Å²) in [6, 6.07) is 9.27.